The summed E-state index contributed by atoms with van der Waals surface area (Å²) in [6, 6.07) is 7.52. The third kappa shape index (κ3) is 4.17. The molecular weight excluding hydrogens is 362 g/mol. The summed E-state index contributed by atoms with van der Waals surface area (Å²) in [5.74, 6) is 0.0329. The van der Waals surface area contributed by atoms with Gasteiger partial charge in [-0.15, -0.1) is 11.3 Å². The summed E-state index contributed by atoms with van der Waals surface area (Å²) in [4.78, 5) is 25.7. The number of carbonyl (C=O) groups is 1. The van der Waals surface area contributed by atoms with Gasteiger partial charge in [0.2, 0.25) is 0 Å². The van der Waals surface area contributed by atoms with Gasteiger partial charge in [0, 0.05) is 24.1 Å². The van der Waals surface area contributed by atoms with Crippen LogP contribution < -0.4 is 10.1 Å². The Labute approximate surface area is 151 Å². The number of halogens is 2. The van der Waals surface area contributed by atoms with Gasteiger partial charge in [0.1, 0.15) is 10.6 Å². The molecule has 0 fully saturated rings. The van der Waals surface area contributed by atoms with Crippen LogP contribution in [0.5, 0.6) is 5.75 Å². The van der Waals surface area contributed by atoms with Crippen molar-refractivity contribution in [1.29, 1.82) is 0 Å². The Morgan fingerprint density at radius 1 is 1.27 bits per heavy atom. The Bertz CT molecular complexity index is 903. The minimum Gasteiger partial charge on any atom is -0.435 e. The van der Waals surface area contributed by atoms with Gasteiger partial charge >= 0.3 is 6.61 Å². The number of benzene rings is 1. The molecule has 3 aromatic rings. The molecule has 1 amide bonds. The molecule has 0 aliphatic heterocycles. The van der Waals surface area contributed by atoms with Crippen molar-refractivity contribution in [2.75, 3.05) is 5.32 Å². The lowest BCUT2D eigenvalue weighted by atomic mass is 10.2. The normalized spacial score (nSPS) is 10.8. The molecule has 134 valence electrons. The van der Waals surface area contributed by atoms with E-state index in [1.54, 1.807) is 24.5 Å². The van der Waals surface area contributed by atoms with Crippen LogP contribution in [0.15, 0.2) is 42.7 Å². The summed E-state index contributed by atoms with van der Waals surface area (Å²) < 4.78 is 29.0. The molecule has 0 saturated heterocycles. The highest BCUT2D eigenvalue weighted by Gasteiger charge is 2.19. The summed E-state index contributed by atoms with van der Waals surface area (Å²) in [7, 11) is 0. The molecule has 0 saturated carbocycles. The Morgan fingerprint density at radius 2 is 2.04 bits per heavy atom. The fraction of sp³-hybridized carbons (Fsp3) is 0.176. The number of nitrogens with one attached hydrogen (secondary N) is 1. The minimum absolute atomic E-state index is 0.0313. The van der Waals surface area contributed by atoms with Crippen molar-refractivity contribution < 1.29 is 18.3 Å². The van der Waals surface area contributed by atoms with Crippen LogP contribution in [0.2, 0.25) is 0 Å². The van der Waals surface area contributed by atoms with E-state index in [1.807, 2.05) is 6.92 Å². The Hall–Kier alpha value is -2.94. The van der Waals surface area contributed by atoms with Crippen LogP contribution >= 0.6 is 11.3 Å². The zero-order valence-corrected chi connectivity index (χ0v) is 14.5. The van der Waals surface area contributed by atoms with E-state index in [0.717, 1.165) is 0 Å². The standard InChI is InChI=1S/C17H14F2N4O2S/c1-2-12-13(26-16(23-12)14-20-7-4-8-21-14)15(24)22-10-5-3-6-11(9-10)25-17(18)19/h3-9,17H,2H2,1H3,(H,22,24). The molecule has 0 aliphatic rings. The third-order valence-corrected chi connectivity index (χ3v) is 4.40. The van der Waals surface area contributed by atoms with Crippen LogP contribution in [0.4, 0.5) is 14.5 Å². The average molecular weight is 376 g/mol. The van der Waals surface area contributed by atoms with Gasteiger partial charge in [-0.1, -0.05) is 13.0 Å². The third-order valence-electron chi connectivity index (χ3n) is 3.31. The van der Waals surface area contributed by atoms with Gasteiger partial charge in [-0.3, -0.25) is 4.79 Å². The lowest BCUT2D eigenvalue weighted by Gasteiger charge is -2.08. The maximum absolute atomic E-state index is 12.6. The number of anilines is 1. The molecule has 26 heavy (non-hydrogen) atoms. The van der Waals surface area contributed by atoms with Crippen LogP contribution in [-0.4, -0.2) is 27.5 Å². The first-order chi connectivity index (χ1) is 12.6. The van der Waals surface area contributed by atoms with E-state index < -0.39 is 6.61 Å². The van der Waals surface area contributed by atoms with Crippen LogP contribution in [0.3, 0.4) is 0 Å². The Kier molecular flexibility index (Phi) is 5.47. The van der Waals surface area contributed by atoms with Crippen LogP contribution in [0.1, 0.15) is 22.3 Å². The zero-order chi connectivity index (χ0) is 18.5. The van der Waals surface area contributed by atoms with Crippen molar-refractivity contribution >= 4 is 22.9 Å². The summed E-state index contributed by atoms with van der Waals surface area (Å²) in [6.07, 6.45) is 3.76. The monoisotopic (exact) mass is 376 g/mol. The van der Waals surface area contributed by atoms with E-state index >= 15 is 0 Å². The molecule has 0 bridgehead atoms. The van der Waals surface area contributed by atoms with E-state index in [0.29, 0.717) is 33.5 Å². The fourth-order valence-electron chi connectivity index (χ4n) is 2.21. The molecule has 6 nitrogen and oxygen atoms in total. The molecule has 0 spiro atoms. The molecule has 0 aliphatic carbocycles. The smallest absolute Gasteiger partial charge is 0.387 e. The fourth-order valence-corrected chi connectivity index (χ4v) is 3.21. The highest BCUT2D eigenvalue weighted by molar-refractivity contribution is 7.17. The zero-order valence-electron chi connectivity index (χ0n) is 13.6. The van der Waals surface area contributed by atoms with Crippen molar-refractivity contribution in [3.8, 4) is 16.6 Å². The second kappa shape index (κ2) is 7.96. The van der Waals surface area contributed by atoms with Crippen molar-refractivity contribution in [1.82, 2.24) is 15.0 Å². The second-order valence-corrected chi connectivity index (χ2v) is 6.08. The van der Waals surface area contributed by atoms with Crippen molar-refractivity contribution in [2.45, 2.75) is 20.0 Å². The number of amides is 1. The van der Waals surface area contributed by atoms with Gasteiger partial charge in [0.15, 0.2) is 10.8 Å². The number of aromatic nitrogens is 3. The highest BCUT2D eigenvalue weighted by Crippen LogP contribution is 2.27. The van der Waals surface area contributed by atoms with Gasteiger partial charge in [-0.25, -0.2) is 15.0 Å². The van der Waals surface area contributed by atoms with Gasteiger partial charge < -0.3 is 10.1 Å². The number of hydrogen-bond donors (Lipinski definition) is 1. The maximum atomic E-state index is 12.6. The van der Waals surface area contributed by atoms with Gasteiger partial charge in [0.25, 0.3) is 5.91 Å². The molecule has 3 rings (SSSR count). The molecule has 2 heterocycles. The molecule has 0 radical (unpaired) electrons. The van der Waals surface area contributed by atoms with Crippen molar-refractivity contribution in [3.63, 3.8) is 0 Å². The number of hydrogen-bond acceptors (Lipinski definition) is 6. The van der Waals surface area contributed by atoms with Crippen LogP contribution in [-0.2, 0) is 6.42 Å². The molecule has 2 aromatic heterocycles. The first kappa shape index (κ1) is 17.9. The largest absolute Gasteiger partial charge is 0.435 e. The second-order valence-electron chi connectivity index (χ2n) is 5.08. The molecular formula is C17H14F2N4O2S. The number of ether oxygens (including phenoxy) is 1. The molecule has 0 atom stereocenters. The van der Waals surface area contributed by atoms with Crippen molar-refractivity contribution in [3.05, 3.63) is 53.3 Å². The predicted molar refractivity (Wildman–Crippen MR) is 93.5 cm³/mol. The minimum atomic E-state index is -2.93. The number of alkyl halides is 2. The van der Waals surface area contributed by atoms with Crippen LogP contribution in [0, 0.1) is 0 Å². The topological polar surface area (TPSA) is 77.0 Å². The van der Waals surface area contributed by atoms with Gasteiger partial charge in [0.05, 0.1) is 5.69 Å². The summed E-state index contributed by atoms with van der Waals surface area (Å²) >= 11 is 1.18. The van der Waals surface area contributed by atoms with Crippen molar-refractivity contribution in [2.24, 2.45) is 0 Å². The Balaban J connectivity index is 1.83. The SMILES string of the molecule is CCc1nc(-c2ncccn2)sc1C(=O)Nc1cccc(OC(F)F)c1. The first-order valence-corrected chi connectivity index (χ1v) is 8.51. The number of rotatable bonds is 6. The van der Waals surface area contributed by atoms with E-state index in [4.69, 9.17) is 0 Å². The molecule has 9 heteroatoms. The number of aryl methyl sites for hydroxylation is 1. The van der Waals surface area contributed by atoms with E-state index in [2.05, 4.69) is 25.0 Å². The van der Waals surface area contributed by atoms with E-state index in [9.17, 15) is 13.6 Å². The summed E-state index contributed by atoms with van der Waals surface area (Å²) in [5, 5.41) is 3.22. The van der Waals surface area contributed by atoms with E-state index in [1.165, 1.54) is 29.5 Å². The first-order valence-electron chi connectivity index (χ1n) is 7.70. The number of nitrogens with zero attached hydrogens (tertiary/aromatic N) is 3. The van der Waals surface area contributed by atoms with Crippen LogP contribution in [0.25, 0.3) is 10.8 Å². The van der Waals surface area contributed by atoms with Gasteiger partial charge in [-0.2, -0.15) is 8.78 Å². The molecule has 0 unspecified atom stereocenters. The lowest BCUT2D eigenvalue weighted by Crippen LogP contribution is -2.12. The number of thiazole rings is 1. The number of carbonyl (C=O) groups excluding carboxylic acids is 1. The maximum Gasteiger partial charge on any atom is 0.387 e. The average Bonchev–Trinajstić information content (AvgIpc) is 3.07. The van der Waals surface area contributed by atoms with Gasteiger partial charge in [-0.05, 0) is 24.6 Å². The van der Waals surface area contributed by atoms with E-state index in [-0.39, 0.29) is 11.7 Å². The quantitative estimate of drug-likeness (QED) is 0.703. The summed E-state index contributed by atoms with van der Waals surface area (Å²) in [5.41, 5.74) is 0.969. The summed E-state index contributed by atoms with van der Waals surface area (Å²) in [6.45, 7) is -1.04. The molecule has 1 aromatic carbocycles. The molecule has 1 N–H and O–H groups in total. The Morgan fingerprint density at radius 3 is 2.73 bits per heavy atom. The lowest BCUT2D eigenvalue weighted by molar-refractivity contribution is -0.0497. The highest BCUT2D eigenvalue weighted by atomic mass is 32.1. The predicted octanol–water partition coefficient (Wildman–Crippen LogP) is 4.02.